The highest BCUT2D eigenvalue weighted by Gasteiger charge is 2.48. The lowest BCUT2D eigenvalue weighted by molar-refractivity contribution is -0.0442. The molecule has 3 aromatic rings. The number of halogens is 1. The van der Waals surface area contributed by atoms with Gasteiger partial charge >= 0.3 is 5.97 Å². The normalized spacial score (nSPS) is 19.6. The molecule has 1 fully saturated rings. The fourth-order valence-corrected chi connectivity index (χ4v) is 5.72. The molecule has 1 atom stereocenters. The van der Waals surface area contributed by atoms with Gasteiger partial charge in [0, 0.05) is 23.4 Å². The maximum atomic E-state index is 13.9. The van der Waals surface area contributed by atoms with Gasteiger partial charge in [-0.25, -0.2) is 17.6 Å². The number of sulfonamides is 1. The predicted octanol–water partition coefficient (Wildman–Crippen LogP) is 3.93. The summed E-state index contributed by atoms with van der Waals surface area (Å²) in [6, 6.07) is 18.3. The molecular formula is C25H21FN2O5S. The third kappa shape index (κ3) is 3.81. The summed E-state index contributed by atoms with van der Waals surface area (Å²) in [5, 5.41) is 0. The molecule has 174 valence electrons. The molecule has 0 aliphatic carbocycles. The number of carbonyl (C=O) groups excluding carboxylic acids is 2. The molecule has 0 bridgehead atoms. The first-order chi connectivity index (χ1) is 16.3. The SMILES string of the molecule is O=C1OC2(CCCN(C(=O)c3ccc(NS(=O)(=O)c4ccccc4F)cc3)C2)c2ccccc21. The number of rotatable bonds is 4. The first-order valence-corrected chi connectivity index (χ1v) is 12.3. The lowest BCUT2D eigenvalue weighted by Crippen LogP contribution is -2.48. The second kappa shape index (κ2) is 8.25. The highest BCUT2D eigenvalue weighted by Crippen LogP contribution is 2.43. The van der Waals surface area contributed by atoms with Crippen molar-refractivity contribution in [3.8, 4) is 0 Å². The fourth-order valence-electron chi connectivity index (χ4n) is 4.58. The summed E-state index contributed by atoms with van der Waals surface area (Å²) < 4.78 is 47.0. The summed E-state index contributed by atoms with van der Waals surface area (Å²) >= 11 is 0. The number of anilines is 1. The van der Waals surface area contributed by atoms with Crippen molar-refractivity contribution >= 4 is 27.6 Å². The van der Waals surface area contributed by atoms with E-state index in [0.29, 0.717) is 30.5 Å². The molecule has 5 rings (SSSR count). The number of likely N-dealkylation sites (tertiary alicyclic amines) is 1. The van der Waals surface area contributed by atoms with Crippen LogP contribution in [0.2, 0.25) is 0 Å². The van der Waals surface area contributed by atoms with E-state index in [4.69, 9.17) is 4.74 Å². The molecule has 2 heterocycles. The van der Waals surface area contributed by atoms with Crippen LogP contribution < -0.4 is 4.72 Å². The second-order valence-electron chi connectivity index (χ2n) is 8.37. The van der Waals surface area contributed by atoms with Crippen LogP contribution in [0, 0.1) is 5.82 Å². The lowest BCUT2D eigenvalue weighted by atomic mass is 9.85. The molecule has 3 aromatic carbocycles. The van der Waals surface area contributed by atoms with Crippen molar-refractivity contribution in [3.05, 3.63) is 95.3 Å². The molecule has 1 amide bonds. The van der Waals surface area contributed by atoms with Crippen molar-refractivity contribution in [1.29, 1.82) is 0 Å². The number of hydrogen-bond acceptors (Lipinski definition) is 5. The smallest absolute Gasteiger partial charge is 0.339 e. The number of fused-ring (bicyclic) bond motifs is 2. The summed E-state index contributed by atoms with van der Waals surface area (Å²) in [4.78, 5) is 26.7. The van der Waals surface area contributed by atoms with Crippen molar-refractivity contribution in [2.75, 3.05) is 17.8 Å². The number of carbonyl (C=O) groups is 2. The highest BCUT2D eigenvalue weighted by atomic mass is 32.2. The van der Waals surface area contributed by atoms with Crippen LogP contribution in [0.3, 0.4) is 0 Å². The number of benzene rings is 3. The van der Waals surface area contributed by atoms with Gasteiger partial charge in [-0.05, 0) is 55.3 Å². The molecular weight excluding hydrogens is 459 g/mol. The van der Waals surface area contributed by atoms with E-state index in [9.17, 15) is 22.4 Å². The Kier molecular flexibility index (Phi) is 5.36. The summed E-state index contributed by atoms with van der Waals surface area (Å²) in [6.45, 7) is 0.762. The third-order valence-corrected chi connectivity index (χ3v) is 7.59. The van der Waals surface area contributed by atoms with Crippen molar-refractivity contribution in [2.24, 2.45) is 0 Å². The van der Waals surface area contributed by atoms with Crippen molar-refractivity contribution in [2.45, 2.75) is 23.3 Å². The molecule has 1 N–H and O–H groups in total. The summed E-state index contributed by atoms with van der Waals surface area (Å²) in [5.74, 6) is -1.48. The molecule has 0 radical (unpaired) electrons. The lowest BCUT2D eigenvalue weighted by Gasteiger charge is -2.39. The Morgan fingerprint density at radius 1 is 1.00 bits per heavy atom. The zero-order chi connectivity index (χ0) is 23.9. The van der Waals surface area contributed by atoms with Crippen LogP contribution in [0.25, 0.3) is 0 Å². The Morgan fingerprint density at radius 2 is 1.71 bits per heavy atom. The van der Waals surface area contributed by atoms with Gasteiger partial charge in [0.2, 0.25) is 0 Å². The maximum Gasteiger partial charge on any atom is 0.339 e. The summed E-state index contributed by atoms with van der Waals surface area (Å²) in [6.07, 6.45) is 1.31. The van der Waals surface area contributed by atoms with Crippen LogP contribution in [-0.2, 0) is 20.4 Å². The Balaban J connectivity index is 1.33. The van der Waals surface area contributed by atoms with Crippen LogP contribution in [0.5, 0.6) is 0 Å². The second-order valence-corrected chi connectivity index (χ2v) is 10.0. The average Bonchev–Trinajstić information content (AvgIpc) is 3.10. The van der Waals surface area contributed by atoms with Gasteiger partial charge in [0.05, 0.1) is 12.1 Å². The molecule has 1 saturated heterocycles. The van der Waals surface area contributed by atoms with Gasteiger partial charge < -0.3 is 9.64 Å². The van der Waals surface area contributed by atoms with Crippen LogP contribution >= 0.6 is 0 Å². The van der Waals surface area contributed by atoms with Gasteiger partial charge in [-0.15, -0.1) is 0 Å². The van der Waals surface area contributed by atoms with Crippen LogP contribution in [0.4, 0.5) is 10.1 Å². The zero-order valence-electron chi connectivity index (χ0n) is 18.0. The molecule has 7 nitrogen and oxygen atoms in total. The molecule has 0 aromatic heterocycles. The van der Waals surface area contributed by atoms with Crippen LogP contribution in [0.15, 0.2) is 77.7 Å². The topological polar surface area (TPSA) is 92.8 Å². The Labute approximate surface area is 196 Å². The van der Waals surface area contributed by atoms with E-state index < -0.39 is 26.3 Å². The van der Waals surface area contributed by atoms with E-state index in [1.165, 1.54) is 42.5 Å². The standard InChI is InChI=1S/C25H21FN2O5S/c26-21-8-3-4-9-22(21)34(31,32)27-18-12-10-17(11-13-18)23(29)28-15-5-14-25(16-28)20-7-2-1-6-19(20)24(30)33-25/h1-4,6-13,27H,5,14-16H2. The van der Waals surface area contributed by atoms with E-state index in [2.05, 4.69) is 4.72 Å². The molecule has 9 heteroatoms. The van der Waals surface area contributed by atoms with Gasteiger partial charge in [0.15, 0.2) is 5.60 Å². The van der Waals surface area contributed by atoms with E-state index in [1.54, 1.807) is 17.0 Å². The molecule has 34 heavy (non-hydrogen) atoms. The van der Waals surface area contributed by atoms with Crippen molar-refractivity contribution < 1.29 is 27.1 Å². The van der Waals surface area contributed by atoms with Crippen molar-refractivity contribution in [1.82, 2.24) is 4.90 Å². The number of hydrogen-bond donors (Lipinski definition) is 1. The van der Waals surface area contributed by atoms with Gasteiger partial charge in [0.25, 0.3) is 15.9 Å². The van der Waals surface area contributed by atoms with Gasteiger partial charge in [0.1, 0.15) is 10.7 Å². The largest absolute Gasteiger partial charge is 0.449 e. The minimum atomic E-state index is -4.12. The van der Waals surface area contributed by atoms with Crippen molar-refractivity contribution in [3.63, 3.8) is 0 Å². The summed E-state index contributed by atoms with van der Waals surface area (Å²) in [5.41, 5.74) is 1.05. The number of nitrogens with zero attached hydrogens (tertiary/aromatic N) is 1. The third-order valence-electron chi connectivity index (χ3n) is 6.18. The predicted molar refractivity (Wildman–Crippen MR) is 122 cm³/mol. The average molecular weight is 481 g/mol. The first-order valence-electron chi connectivity index (χ1n) is 10.8. The Bertz CT molecular complexity index is 1390. The molecule has 1 unspecified atom stereocenters. The Morgan fingerprint density at radius 3 is 2.47 bits per heavy atom. The van der Waals surface area contributed by atoms with Gasteiger partial charge in [-0.3, -0.25) is 9.52 Å². The minimum Gasteiger partial charge on any atom is -0.449 e. The number of ether oxygens (including phenoxy) is 1. The van der Waals surface area contributed by atoms with Crippen LogP contribution in [-0.4, -0.2) is 38.3 Å². The molecule has 1 spiro atoms. The number of nitrogens with one attached hydrogen (secondary N) is 1. The number of amides is 1. The zero-order valence-corrected chi connectivity index (χ0v) is 18.8. The Hall–Kier alpha value is -3.72. The van der Waals surface area contributed by atoms with E-state index in [0.717, 1.165) is 11.6 Å². The molecule has 2 aliphatic rings. The summed E-state index contributed by atoms with van der Waals surface area (Å²) in [7, 11) is -4.12. The highest BCUT2D eigenvalue weighted by molar-refractivity contribution is 7.92. The van der Waals surface area contributed by atoms with E-state index in [1.807, 2.05) is 12.1 Å². The van der Waals surface area contributed by atoms with Gasteiger partial charge in [-0.2, -0.15) is 0 Å². The van der Waals surface area contributed by atoms with E-state index >= 15 is 0 Å². The monoisotopic (exact) mass is 480 g/mol. The van der Waals surface area contributed by atoms with Crippen LogP contribution in [0.1, 0.15) is 39.1 Å². The van der Waals surface area contributed by atoms with Gasteiger partial charge in [-0.1, -0.05) is 30.3 Å². The van der Waals surface area contributed by atoms with E-state index in [-0.39, 0.29) is 24.1 Å². The maximum absolute atomic E-state index is 13.9. The first kappa shape index (κ1) is 22.1. The quantitative estimate of drug-likeness (QED) is 0.572. The molecule has 2 aliphatic heterocycles. The number of esters is 1. The fraction of sp³-hybridized carbons (Fsp3) is 0.200. The minimum absolute atomic E-state index is 0.202. The molecule has 0 saturated carbocycles. The number of piperidine rings is 1.